The molecule has 1 amide bonds. The third-order valence-corrected chi connectivity index (χ3v) is 4.10. The first-order valence-corrected chi connectivity index (χ1v) is 7.51. The molecule has 1 aromatic carbocycles. The summed E-state index contributed by atoms with van der Waals surface area (Å²) in [6.07, 6.45) is 3.40. The quantitative estimate of drug-likeness (QED) is 0.800. The number of rotatable bonds is 2. The Balaban J connectivity index is 1.67. The van der Waals surface area contributed by atoms with Crippen LogP contribution in [-0.2, 0) is 4.79 Å². The van der Waals surface area contributed by atoms with Crippen LogP contribution >= 0.6 is 11.3 Å². The molecule has 2 aromatic rings. The van der Waals surface area contributed by atoms with Crippen molar-refractivity contribution in [2.75, 3.05) is 11.7 Å². The molecule has 0 aliphatic carbocycles. The molecule has 1 aromatic heterocycles. The van der Waals surface area contributed by atoms with Crippen LogP contribution in [0.3, 0.4) is 0 Å². The fourth-order valence-electron chi connectivity index (χ4n) is 2.34. The molecule has 0 radical (unpaired) electrons. The van der Waals surface area contributed by atoms with Gasteiger partial charge in [-0.2, -0.15) is 0 Å². The Hall–Kier alpha value is -2.67. The van der Waals surface area contributed by atoms with E-state index in [0.29, 0.717) is 28.2 Å². The second-order valence-corrected chi connectivity index (χ2v) is 5.63. The SMILES string of the molecule is CC1=NC(=Cc2ccc3c(c2)OCO3)C(=O)N1c1nccs1. The minimum atomic E-state index is -0.176. The zero-order valence-electron chi connectivity index (χ0n) is 11.6. The van der Waals surface area contributed by atoms with Crippen molar-refractivity contribution in [3.63, 3.8) is 0 Å². The Bertz CT molecular complexity index is 811. The number of carbonyl (C=O) groups is 1. The molecule has 0 atom stereocenters. The highest BCUT2D eigenvalue weighted by atomic mass is 32.1. The van der Waals surface area contributed by atoms with Crippen molar-refractivity contribution >= 4 is 34.3 Å². The molecule has 3 heterocycles. The lowest BCUT2D eigenvalue weighted by Gasteiger charge is -2.11. The van der Waals surface area contributed by atoms with Gasteiger partial charge in [-0.3, -0.25) is 4.79 Å². The molecule has 2 aliphatic rings. The van der Waals surface area contributed by atoms with Gasteiger partial charge in [-0.05, 0) is 30.7 Å². The van der Waals surface area contributed by atoms with Crippen molar-refractivity contribution < 1.29 is 14.3 Å². The predicted octanol–water partition coefficient (Wildman–Crippen LogP) is 2.68. The van der Waals surface area contributed by atoms with E-state index in [4.69, 9.17) is 9.47 Å². The number of anilines is 1. The average molecular weight is 313 g/mol. The summed E-state index contributed by atoms with van der Waals surface area (Å²) in [7, 11) is 0. The summed E-state index contributed by atoms with van der Waals surface area (Å²) in [5, 5.41) is 2.45. The molecule has 0 saturated heterocycles. The summed E-state index contributed by atoms with van der Waals surface area (Å²) in [5.74, 6) is 1.83. The number of fused-ring (bicyclic) bond motifs is 1. The topological polar surface area (TPSA) is 64.0 Å². The number of amides is 1. The number of aliphatic imine (C=N–C) groups is 1. The van der Waals surface area contributed by atoms with Gasteiger partial charge in [-0.25, -0.2) is 14.9 Å². The molecular weight excluding hydrogens is 302 g/mol. The van der Waals surface area contributed by atoms with Crippen molar-refractivity contribution in [1.29, 1.82) is 0 Å². The van der Waals surface area contributed by atoms with E-state index in [9.17, 15) is 4.79 Å². The fraction of sp³-hybridized carbons (Fsp3) is 0.133. The number of ether oxygens (including phenoxy) is 2. The zero-order chi connectivity index (χ0) is 15.1. The molecule has 2 aliphatic heterocycles. The Kier molecular flexibility index (Phi) is 2.93. The van der Waals surface area contributed by atoms with Crippen molar-refractivity contribution in [2.45, 2.75) is 6.92 Å². The Morgan fingerprint density at radius 3 is 3.00 bits per heavy atom. The normalized spacial score (nSPS) is 18.2. The van der Waals surface area contributed by atoms with Crippen LogP contribution in [0.25, 0.3) is 6.08 Å². The van der Waals surface area contributed by atoms with E-state index in [2.05, 4.69) is 9.98 Å². The maximum Gasteiger partial charge on any atom is 0.284 e. The van der Waals surface area contributed by atoms with Gasteiger partial charge in [0.05, 0.1) is 0 Å². The molecule has 0 spiro atoms. The second kappa shape index (κ2) is 4.96. The van der Waals surface area contributed by atoms with Crippen molar-refractivity contribution in [3.05, 3.63) is 41.0 Å². The standard InChI is InChI=1S/C15H11N3O3S/c1-9-17-11(14(19)18(9)15-16-4-5-22-15)6-10-2-3-12-13(7-10)21-8-20-12/h2-7H,8H2,1H3. The number of thiazole rings is 1. The van der Waals surface area contributed by atoms with E-state index in [1.165, 1.54) is 16.2 Å². The van der Waals surface area contributed by atoms with Crippen molar-refractivity contribution in [3.8, 4) is 11.5 Å². The van der Waals surface area contributed by atoms with Crippen LogP contribution in [0.5, 0.6) is 11.5 Å². The summed E-state index contributed by atoms with van der Waals surface area (Å²) in [6.45, 7) is 2.02. The molecule has 0 unspecified atom stereocenters. The van der Waals surface area contributed by atoms with Gasteiger partial charge in [0.2, 0.25) is 6.79 Å². The van der Waals surface area contributed by atoms with Crippen LogP contribution in [0.15, 0.2) is 40.5 Å². The highest BCUT2D eigenvalue weighted by molar-refractivity contribution is 7.14. The van der Waals surface area contributed by atoms with Gasteiger partial charge in [0.1, 0.15) is 11.5 Å². The number of nitrogens with zero attached hydrogens (tertiary/aromatic N) is 3. The van der Waals surface area contributed by atoms with Gasteiger partial charge in [-0.1, -0.05) is 6.07 Å². The number of benzene rings is 1. The van der Waals surface area contributed by atoms with Gasteiger partial charge in [0.15, 0.2) is 16.6 Å². The smallest absolute Gasteiger partial charge is 0.284 e. The van der Waals surface area contributed by atoms with Gasteiger partial charge < -0.3 is 9.47 Å². The summed E-state index contributed by atoms with van der Waals surface area (Å²) in [5.41, 5.74) is 1.22. The molecule has 0 N–H and O–H groups in total. The van der Waals surface area contributed by atoms with Gasteiger partial charge >= 0.3 is 0 Å². The van der Waals surface area contributed by atoms with Gasteiger partial charge in [0, 0.05) is 11.6 Å². The lowest BCUT2D eigenvalue weighted by Crippen LogP contribution is -2.29. The number of carbonyl (C=O) groups excluding carboxylic acids is 1. The fourth-order valence-corrected chi connectivity index (χ4v) is 3.03. The van der Waals surface area contributed by atoms with Crippen LogP contribution in [0, 0.1) is 0 Å². The lowest BCUT2D eigenvalue weighted by molar-refractivity contribution is -0.113. The molecule has 7 heteroatoms. The van der Waals surface area contributed by atoms with E-state index >= 15 is 0 Å². The van der Waals surface area contributed by atoms with E-state index in [1.54, 1.807) is 19.2 Å². The van der Waals surface area contributed by atoms with Gasteiger partial charge in [-0.15, -0.1) is 11.3 Å². The van der Waals surface area contributed by atoms with E-state index in [-0.39, 0.29) is 12.7 Å². The zero-order valence-corrected chi connectivity index (χ0v) is 12.5. The number of hydrogen-bond acceptors (Lipinski definition) is 6. The van der Waals surface area contributed by atoms with Crippen molar-refractivity contribution in [2.24, 2.45) is 4.99 Å². The van der Waals surface area contributed by atoms with Gasteiger partial charge in [0.25, 0.3) is 5.91 Å². The first-order chi connectivity index (χ1) is 10.7. The average Bonchev–Trinajstić information content (AvgIpc) is 3.20. The van der Waals surface area contributed by atoms with Crippen LogP contribution < -0.4 is 14.4 Å². The molecule has 0 saturated carbocycles. The third-order valence-electron chi connectivity index (χ3n) is 3.34. The second-order valence-electron chi connectivity index (χ2n) is 4.76. The number of amidine groups is 1. The van der Waals surface area contributed by atoms with Crippen LogP contribution in [-0.4, -0.2) is 23.5 Å². The van der Waals surface area contributed by atoms with Crippen molar-refractivity contribution in [1.82, 2.24) is 4.98 Å². The largest absolute Gasteiger partial charge is 0.454 e. The molecule has 0 bridgehead atoms. The number of aromatic nitrogens is 1. The van der Waals surface area contributed by atoms with E-state index < -0.39 is 0 Å². The van der Waals surface area contributed by atoms with Crippen LogP contribution in [0.4, 0.5) is 5.13 Å². The molecule has 22 heavy (non-hydrogen) atoms. The highest BCUT2D eigenvalue weighted by Crippen LogP contribution is 2.34. The molecule has 6 nitrogen and oxygen atoms in total. The highest BCUT2D eigenvalue weighted by Gasteiger charge is 2.30. The lowest BCUT2D eigenvalue weighted by atomic mass is 10.1. The summed E-state index contributed by atoms with van der Waals surface area (Å²) in [6, 6.07) is 5.52. The predicted molar refractivity (Wildman–Crippen MR) is 83.3 cm³/mol. The molecule has 110 valence electrons. The van der Waals surface area contributed by atoms with E-state index in [0.717, 1.165) is 5.56 Å². The summed E-state index contributed by atoms with van der Waals surface area (Å²) < 4.78 is 10.6. The van der Waals surface area contributed by atoms with E-state index in [1.807, 2.05) is 23.6 Å². The third kappa shape index (κ3) is 2.06. The Morgan fingerprint density at radius 1 is 1.32 bits per heavy atom. The minimum absolute atomic E-state index is 0.176. The molecular formula is C15H11N3O3S. The van der Waals surface area contributed by atoms with Crippen LogP contribution in [0.1, 0.15) is 12.5 Å². The summed E-state index contributed by atoms with van der Waals surface area (Å²) >= 11 is 1.40. The number of hydrogen-bond donors (Lipinski definition) is 0. The monoisotopic (exact) mass is 313 g/mol. The first-order valence-electron chi connectivity index (χ1n) is 6.63. The maximum atomic E-state index is 12.5. The Morgan fingerprint density at radius 2 is 2.18 bits per heavy atom. The van der Waals surface area contributed by atoms with Crippen LogP contribution in [0.2, 0.25) is 0 Å². The Labute approximate surface area is 130 Å². The molecule has 0 fully saturated rings. The molecule has 4 rings (SSSR count). The maximum absolute atomic E-state index is 12.5. The minimum Gasteiger partial charge on any atom is -0.454 e. The first kappa shape index (κ1) is 13.0. The summed E-state index contributed by atoms with van der Waals surface area (Å²) in [4.78, 5) is 22.5.